The molecule has 0 atom stereocenters. The molecule has 3 nitrogen and oxygen atoms in total. The minimum Gasteiger partial charge on any atom is -0.374 e. The molecule has 1 rings (SSSR count). The van der Waals surface area contributed by atoms with Gasteiger partial charge in [-0.1, -0.05) is 30.4 Å². The fraction of sp³-hybridized carbons (Fsp3) is 0.455. The van der Waals surface area contributed by atoms with Gasteiger partial charge in [0.05, 0.1) is 0 Å². The van der Waals surface area contributed by atoms with Crippen molar-refractivity contribution >= 4 is 8.80 Å². The molecule has 0 fully saturated rings. The molecule has 0 aromatic carbocycles. The molecule has 1 aliphatic carbocycles. The van der Waals surface area contributed by atoms with Crippen molar-refractivity contribution in [3.05, 3.63) is 35.6 Å². The van der Waals surface area contributed by atoms with Crippen LogP contribution in [0.4, 0.5) is 0 Å². The first-order chi connectivity index (χ1) is 7.29. The summed E-state index contributed by atoms with van der Waals surface area (Å²) in [6.45, 7) is 0. The molecule has 0 heterocycles. The molecule has 0 saturated carbocycles. The second-order valence-electron chi connectivity index (χ2n) is 3.21. The van der Waals surface area contributed by atoms with E-state index in [0.29, 0.717) is 0 Å². The Balaban J connectivity index is 2.92. The number of rotatable bonds is 4. The maximum Gasteiger partial charge on any atom is 0.532 e. The SMILES string of the molecule is CO[Si](OC)(OC)C1=CC=CC=CCC1. The fourth-order valence-corrected chi connectivity index (χ4v) is 3.67. The molecule has 1 aliphatic rings. The summed E-state index contributed by atoms with van der Waals surface area (Å²) in [7, 11) is 2.32. The van der Waals surface area contributed by atoms with E-state index in [1.807, 2.05) is 24.3 Å². The standard InChI is InChI=1S/C11H18O3Si/c1-12-15(13-2,14-3)11-9-7-5-4-6-8-10-11/h4-7,9H,8,10H2,1-3H3. The third-order valence-corrected chi connectivity index (χ3v) is 5.25. The van der Waals surface area contributed by atoms with Crippen LogP contribution in [0.3, 0.4) is 0 Å². The Bertz CT molecular complexity index is 269. The van der Waals surface area contributed by atoms with Gasteiger partial charge in [0.15, 0.2) is 0 Å². The Morgan fingerprint density at radius 2 is 1.67 bits per heavy atom. The van der Waals surface area contributed by atoms with Crippen molar-refractivity contribution in [2.75, 3.05) is 21.3 Å². The van der Waals surface area contributed by atoms with Crippen LogP contribution in [0, 0.1) is 0 Å². The number of hydrogen-bond acceptors (Lipinski definition) is 3. The summed E-state index contributed by atoms with van der Waals surface area (Å²) in [5.74, 6) is 0. The molecule has 0 N–H and O–H groups in total. The molecule has 0 saturated heterocycles. The van der Waals surface area contributed by atoms with E-state index in [0.717, 1.165) is 18.0 Å². The van der Waals surface area contributed by atoms with Crippen LogP contribution >= 0.6 is 0 Å². The summed E-state index contributed by atoms with van der Waals surface area (Å²) in [5.41, 5.74) is 0. The summed E-state index contributed by atoms with van der Waals surface area (Å²) in [5, 5.41) is 1.12. The van der Waals surface area contributed by atoms with Gasteiger partial charge in [0.25, 0.3) is 0 Å². The Hall–Kier alpha value is -0.683. The molecule has 15 heavy (non-hydrogen) atoms. The van der Waals surface area contributed by atoms with Crippen LogP contribution in [0.25, 0.3) is 0 Å². The lowest BCUT2D eigenvalue weighted by Gasteiger charge is -2.26. The molecule has 84 valence electrons. The zero-order chi connectivity index (χ0) is 11.1. The Morgan fingerprint density at radius 1 is 1.00 bits per heavy atom. The quantitative estimate of drug-likeness (QED) is 0.688. The van der Waals surface area contributed by atoms with E-state index in [1.54, 1.807) is 21.3 Å². The van der Waals surface area contributed by atoms with Crippen molar-refractivity contribution < 1.29 is 13.3 Å². The van der Waals surface area contributed by atoms with Crippen LogP contribution in [0.2, 0.25) is 0 Å². The first kappa shape index (κ1) is 12.4. The van der Waals surface area contributed by atoms with Crippen molar-refractivity contribution in [1.82, 2.24) is 0 Å². The lowest BCUT2D eigenvalue weighted by Crippen LogP contribution is -2.45. The summed E-state index contributed by atoms with van der Waals surface area (Å²) in [6.07, 6.45) is 12.1. The van der Waals surface area contributed by atoms with Gasteiger partial charge in [0.1, 0.15) is 0 Å². The maximum atomic E-state index is 5.44. The van der Waals surface area contributed by atoms with E-state index in [1.165, 1.54) is 0 Å². The van der Waals surface area contributed by atoms with E-state index in [4.69, 9.17) is 13.3 Å². The van der Waals surface area contributed by atoms with E-state index >= 15 is 0 Å². The number of hydrogen-bond donors (Lipinski definition) is 0. The third kappa shape index (κ3) is 2.88. The maximum absolute atomic E-state index is 5.44. The van der Waals surface area contributed by atoms with Gasteiger partial charge in [-0.3, -0.25) is 0 Å². The molecular formula is C11H18O3Si. The Labute approximate surface area is 92.4 Å². The zero-order valence-corrected chi connectivity index (χ0v) is 10.5. The first-order valence-corrected chi connectivity index (χ1v) is 6.70. The first-order valence-electron chi connectivity index (χ1n) is 4.97. The fourth-order valence-electron chi connectivity index (χ4n) is 1.63. The average Bonchev–Trinajstić information content (AvgIpc) is 2.23. The molecule has 0 aromatic heterocycles. The summed E-state index contributed by atoms with van der Waals surface area (Å²) < 4.78 is 16.3. The van der Waals surface area contributed by atoms with Crippen LogP contribution in [-0.2, 0) is 13.3 Å². The minimum atomic E-state index is -2.60. The van der Waals surface area contributed by atoms with E-state index in [2.05, 4.69) is 6.08 Å². The van der Waals surface area contributed by atoms with Crippen molar-refractivity contribution in [3.8, 4) is 0 Å². The van der Waals surface area contributed by atoms with Crippen LogP contribution in [-0.4, -0.2) is 30.1 Å². The molecule has 4 heteroatoms. The minimum absolute atomic E-state index is 0.919. The highest BCUT2D eigenvalue weighted by molar-refractivity contribution is 6.68. The van der Waals surface area contributed by atoms with Crippen LogP contribution in [0.5, 0.6) is 0 Å². The van der Waals surface area contributed by atoms with Crippen LogP contribution < -0.4 is 0 Å². The van der Waals surface area contributed by atoms with E-state index in [-0.39, 0.29) is 0 Å². The zero-order valence-electron chi connectivity index (χ0n) is 9.53. The molecule has 0 amide bonds. The Morgan fingerprint density at radius 3 is 2.27 bits per heavy atom. The predicted octanol–water partition coefficient (Wildman–Crippen LogP) is 2.24. The largest absolute Gasteiger partial charge is 0.532 e. The van der Waals surface area contributed by atoms with E-state index in [9.17, 15) is 0 Å². The normalized spacial score (nSPS) is 17.1. The van der Waals surface area contributed by atoms with Crippen LogP contribution in [0.15, 0.2) is 35.6 Å². The monoisotopic (exact) mass is 226 g/mol. The topological polar surface area (TPSA) is 27.7 Å². The smallest absolute Gasteiger partial charge is 0.374 e. The van der Waals surface area contributed by atoms with Crippen molar-refractivity contribution in [3.63, 3.8) is 0 Å². The highest BCUT2D eigenvalue weighted by Gasteiger charge is 2.42. The lowest BCUT2D eigenvalue weighted by molar-refractivity contribution is 0.133. The second kappa shape index (κ2) is 6.02. The molecule has 0 radical (unpaired) electrons. The molecule has 0 aromatic rings. The van der Waals surface area contributed by atoms with Gasteiger partial charge >= 0.3 is 8.80 Å². The van der Waals surface area contributed by atoms with Crippen molar-refractivity contribution in [2.24, 2.45) is 0 Å². The van der Waals surface area contributed by atoms with Gasteiger partial charge in [-0.05, 0) is 12.8 Å². The van der Waals surface area contributed by atoms with Gasteiger partial charge < -0.3 is 13.3 Å². The molecular weight excluding hydrogens is 208 g/mol. The van der Waals surface area contributed by atoms with Gasteiger partial charge in [-0.2, -0.15) is 0 Å². The highest BCUT2D eigenvalue weighted by Crippen LogP contribution is 2.23. The molecule has 0 spiro atoms. The van der Waals surface area contributed by atoms with Gasteiger partial charge in [0, 0.05) is 26.5 Å². The van der Waals surface area contributed by atoms with E-state index < -0.39 is 8.80 Å². The third-order valence-electron chi connectivity index (χ3n) is 2.44. The average molecular weight is 226 g/mol. The predicted molar refractivity (Wildman–Crippen MR) is 62.4 cm³/mol. The van der Waals surface area contributed by atoms with Gasteiger partial charge in [0.2, 0.25) is 0 Å². The van der Waals surface area contributed by atoms with Crippen molar-refractivity contribution in [2.45, 2.75) is 12.8 Å². The highest BCUT2D eigenvalue weighted by atomic mass is 28.4. The van der Waals surface area contributed by atoms with Crippen molar-refractivity contribution in [1.29, 1.82) is 0 Å². The second-order valence-corrected chi connectivity index (χ2v) is 6.19. The van der Waals surface area contributed by atoms with Gasteiger partial charge in [-0.15, -0.1) is 0 Å². The molecule has 0 bridgehead atoms. The van der Waals surface area contributed by atoms with Gasteiger partial charge in [-0.25, -0.2) is 0 Å². The van der Waals surface area contributed by atoms with Crippen LogP contribution in [0.1, 0.15) is 12.8 Å². The lowest BCUT2D eigenvalue weighted by atomic mass is 10.2. The Kier molecular flexibility index (Phi) is 4.97. The molecule has 0 aliphatic heterocycles. The molecule has 0 unspecified atom stereocenters. The summed E-state index contributed by atoms with van der Waals surface area (Å²) in [4.78, 5) is 0. The summed E-state index contributed by atoms with van der Waals surface area (Å²) in [6, 6.07) is 0. The number of allylic oxidation sites excluding steroid dienone is 6. The summed E-state index contributed by atoms with van der Waals surface area (Å²) >= 11 is 0.